The van der Waals surface area contributed by atoms with E-state index in [9.17, 15) is 0 Å². The summed E-state index contributed by atoms with van der Waals surface area (Å²) in [5, 5.41) is 0. The molecule has 2 rings (SSSR count). The second-order valence-corrected chi connectivity index (χ2v) is 6.04. The molecular formula is C15H20N2S. The Labute approximate surface area is 113 Å². The van der Waals surface area contributed by atoms with Crippen molar-refractivity contribution in [1.82, 2.24) is 4.90 Å². The summed E-state index contributed by atoms with van der Waals surface area (Å²) < 4.78 is 0. The fourth-order valence-corrected chi connectivity index (χ4v) is 2.86. The zero-order chi connectivity index (χ0) is 13.1. The summed E-state index contributed by atoms with van der Waals surface area (Å²) in [6, 6.07) is 13.2. The van der Waals surface area contributed by atoms with Gasteiger partial charge in [-0.1, -0.05) is 24.3 Å². The predicted octanol–water partition coefficient (Wildman–Crippen LogP) is 3.50. The van der Waals surface area contributed by atoms with E-state index in [1.165, 1.54) is 20.9 Å². The predicted molar refractivity (Wildman–Crippen MR) is 79.7 cm³/mol. The van der Waals surface area contributed by atoms with E-state index in [0.29, 0.717) is 0 Å². The molecule has 0 fully saturated rings. The standard InChI is InChI=1S/C15H20N2S/c1-11(16)14-8-9-15(18-14)13-6-4-12(5-7-13)10-17(2)3/h4-9,11H,10,16H2,1-3H3. The zero-order valence-corrected chi connectivity index (χ0v) is 12.0. The van der Waals surface area contributed by atoms with Crippen LogP contribution in [0.15, 0.2) is 36.4 Å². The molecule has 2 aromatic rings. The van der Waals surface area contributed by atoms with Gasteiger partial charge in [0, 0.05) is 22.3 Å². The largest absolute Gasteiger partial charge is 0.324 e. The van der Waals surface area contributed by atoms with E-state index < -0.39 is 0 Å². The highest BCUT2D eigenvalue weighted by Crippen LogP contribution is 2.30. The summed E-state index contributed by atoms with van der Waals surface area (Å²) in [6.07, 6.45) is 0. The summed E-state index contributed by atoms with van der Waals surface area (Å²) in [6.45, 7) is 3.01. The van der Waals surface area contributed by atoms with Gasteiger partial charge < -0.3 is 10.6 Å². The first kappa shape index (κ1) is 13.3. The summed E-state index contributed by atoms with van der Waals surface area (Å²) in [7, 11) is 4.17. The van der Waals surface area contributed by atoms with E-state index >= 15 is 0 Å². The molecule has 0 saturated carbocycles. The molecule has 96 valence electrons. The normalized spacial score (nSPS) is 12.9. The molecule has 0 saturated heterocycles. The number of thiophene rings is 1. The molecule has 1 heterocycles. The van der Waals surface area contributed by atoms with E-state index in [1.54, 1.807) is 11.3 Å². The second-order valence-electron chi connectivity index (χ2n) is 4.93. The van der Waals surface area contributed by atoms with Crippen LogP contribution in [0, 0.1) is 0 Å². The van der Waals surface area contributed by atoms with Gasteiger partial charge in [-0.05, 0) is 44.3 Å². The molecule has 0 bridgehead atoms. The minimum atomic E-state index is 0.122. The number of hydrogen-bond acceptors (Lipinski definition) is 3. The number of benzene rings is 1. The lowest BCUT2D eigenvalue weighted by Gasteiger charge is -2.09. The quantitative estimate of drug-likeness (QED) is 0.911. The van der Waals surface area contributed by atoms with Crippen molar-refractivity contribution < 1.29 is 0 Å². The summed E-state index contributed by atoms with van der Waals surface area (Å²) in [5.74, 6) is 0. The van der Waals surface area contributed by atoms with E-state index in [2.05, 4.69) is 55.4 Å². The molecule has 0 radical (unpaired) electrons. The molecule has 0 amide bonds. The van der Waals surface area contributed by atoms with Crippen molar-refractivity contribution in [1.29, 1.82) is 0 Å². The molecule has 0 aliphatic rings. The van der Waals surface area contributed by atoms with Crippen molar-refractivity contribution in [3.8, 4) is 10.4 Å². The molecule has 2 nitrogen and oxygen atoms in total. The SMILES string of the molecule is CC(N)c1ccc(-c2ccc(CN(C)C)cc2)s1. The molecule has 3 heteroatoms. The first-order chi connectivity index (χ1) is 8.56. The highest BCUT2D eigenvalue weighted by atomic mass is 32.1. The van der Waals surface area contributed by atoms with Crippen LogP contribution in [-0.4, -0.2) is 19.0 Å². The fourth-order valence-electron chi connectivity index (χ4n) is 1.89. The molecule has 2 N–H and O–H groups in total. The van der Waals surface area contributed by atoms with Gasteiger partial charge in [0.05, 0.1) is 0 Å². The van der Waals surface area contributed by atoms with Crippen molar-refractivity contribution in [3.63, 3.8) is 0 Å². The molecule has 18 heavy (non-hydrogen) atoms. The second kappa shape index (κ2) is 5.65. The van der Waals surface area contributed by atoms with Gasteiger partial charge in [0.1, 0.15) is 0 Å². The van der Waals surface area contributed by atoms with Crippen molar-refractivity contribution in [2.24, 2.45) is 5.73 Å². The van der Waals surface area contributed by atoms with Crippen LogP contribution >= 0.6 is 11.3 Å². The van der Waals surface area contributed by atoms with Crippen molar-refractivity contribution in [2.45, 2.75) is 19.5 Å². The van der Waals surface area contributed by atoms with Crippen LogP contribution in [0.4, 0.5) is 0 Å². The van der Waals surface area contributed by atoms with E-state index in [0.717, 1.165) is 6.54 Å². The molecule has 1 unspecified atom stereocenters. The van der Waals surface area contributed by atoms with Gasteiger partial charge in [-0.2, -0.15) is 0 Å². The van der Waals surface area contributed by atoms with E-state index in [4.69, 9.17) is 5.73 Å². The van der Waals surface area contributed by atoms with E-state index in [1.807, 2.05) is 6.92 Å². The van der Waals surface area contributed by atoms with E-state index in [-0.39, 0.29) is 6.04 Å². The third-order valence-corrected chi connectivity index (χ3v) is 4.15. The molecule has 0 aliphatic heterocycles. The van der Waals surface area contributed by atoms with Gasteiger partial charge in [0.25, 0.3) is 0 Å². The Morgan fingerprint density at radius 2 is 1.78 bits per heavy atom. The Morgan fingerprint density at radius 3 is 2.28 bits per heavy atom. The maximum absolute atomic E-state index is 5.89. The highest BCUT2D eigenvalue weighted by molar-refractivity contribution is 7.15. The van der Waals surface area contributed by atoms with Gasteiger partial charge >= 0.3 is 0 Å². The minimum absolute atomic E-state index is 0.122. The van der Waals surface area contributed by atoms with Crippen molar-refractivity contribution in [2.75, 3.05) is 14.1 Å². The lowest BCUT2D eigenvalue weighted by atomic mass is 10.1. The van der Waals surface area contributed by atoms with Crippen LogP contribution < -0.4 is 5.73 Å². The molecular weight excluding hydrogens is 240 g/mol. The van der Waals surface area contributed by atoms with Crippen LogP contribution in [0.3, 0.4) is 0 Å². The van der Waals surface area contributed by atoms with Crippen LogP contribution in [-0.2, 0) is 6.54 Å². The van der Waals surface area contributed by atoms with Gasteiger partial charge in [0.2, 0.25) is 0 Å². The van der Waals surface area contributed by atoms with Crippen molar-refractivity contribution >= 4 is 11.3 Å². The van der Waals surface area contributed by atoms with Crippen LogP contribution in [0.25, 0.3) is 10.4 Å². The van der Waals surface area contributed by atoms with Gasteiger partial charge in [-0.3, -0.25) is 0 Å². The molecule has 1 atom stereocenters. The Kier molecular flexibility index (Phi) is 4.17. The maximum atomic E-state index is 5.89. The van der Waals surface area contributed by atoms with Gasteiger partial charge in [0.15, 0.2) is 0 Å². The van der Waals surface area contributed by atoms with Crippen LogP contribution in [0.1, 0.15) is 23.4 Å². The Bertz CT molecular complexity index is 497. The van der Waals surface area contributed by atoms with Crippen LogP contribution in [0.5, 0.6) is 0 Å². The first-order valence-electron chi connectivity index (χ1n) is 6.15. The number of nitrogens with two attached hydrogens (primary N) is 1. The summed E-state index contributed by atoms with van der Waals surface area (Å²) >= 11 is 1.78. The first-order valence-corrected chi connectivity index (χ1v) is 6.97. The smallest absolute Gasteiger partial charge is 0.0361 e. The summed E-state index contributed by atoms with van der Waals surface area (Å²) in [4.78, 5) is 4.70. The average molecular weight is 260 g/mol. The Hall–Kier alpha value is -1.16. The Morgan fingerprint density at radius 1 is 1.11 bits per heavy atom. The fraction of sp³-hybridized carbons (Fsp3) is 0.333. The number of nitrogens with zero attached hydrogens (tertiary/aromatic N) is 1. The minimum Gasteiger partial charge on any atom is -0.324 e. The number of rotatable bonds is 4. The number of hydrogen-bond donors (Lipinski definition) is 1. The van der Waals surface area contributed by atoms with Gasteiger partial charge in [-0.25, -0.2) is 0 Å². The van der Waals surface area contributed by atoms with Crippen molar-refractivity contribution in [3.05, 3.63) is 46.8 Å². The third kappa shape index (κ3) is 3.19. The van der Waals surface area contributed by atoms with Crippen LogP contribution in [0.2, 0.25) is 0 Å². The monoisotopic (exact) mass is 260 g/mol. The Balaban J connectivity index is 2.17. The summed E-state index contributed by atoms with van der Waals surface area (Å²) in [5.41, 5.74) is 8.50. The lowest BCUT2D eigenvalue weighted by Crippen LogP contribution is -2.10. The highest BCUT2D eigenvalue weighted by Gasteiger charge is 2.06. The zero-order valence-electron chi connectivity index (χ0n) is 11.2. The molecule has 0 aliphatic carbocycles. The lowest BCUT2D eigenvalue weighted by molar-refractivity contribution is 0.402. The maximum Gasteiger partial charge on any atom is 0.0361 e. The average Bonchev–Trinajstić information content (AvgIpc) is 2.78. The molecule has 0 spiro atoms. The third-order valence-electron chi connectivity index (χ3n) is 2.81. The van der Waals surface area contributed by atoms with Gasteiger partial charge in [-0.15, -0.1) is 11.3 Å². The molecule has 1 aromatic heterocycles. The molecule has 1 aromatic carbocycles. The topological polar surface area (TPSA) is 29.3 Å².